The molecule has 1 saturated heterocycles. The van der Waals surface area contributed by atoms with Gasteiger partial charge in [-0.05, 0) is 18.2 Å². The van der Waals surface area contributed by atoms with Crippen LogP contribution in [0.3, 0.4) is 0 Å². The minimum Gasteiger partial charge on any atom is -0.355 e. The average molecular weight is 374 g/mol. The lowest BCUT2D eigenvalue weighted by Crippen LogP contribution is -2.34. The van der Waals surface area contributed by atoms with E-state index in [1.807, 2.05) is 0 Å². The maximum atomic E-state index is 12.1. The molecule has 0 bridgehead atoms. The van der Waals surface area contributed by atoms with Crippen LogP contribution in [-0.4, -0.2) is 45.0 Å². The van der Waals surface area contributed by atoms with Gasteiger partial charge >= 0.3 is 0 Å². The predicted molar refractivity (Wildman–Crippen MR) is 88.4 cm³/mol. The Morgan fingerprint density at radius 1 is 1.25 bits per heavy atom. The molecule has 1 fully saturated rings. The van der Waals surface area contributed by atoms with Crippen LogP contribution in [0.25, 0.3) is 0 Å². The van der Waals surface area contributed by atoms with Crippen LogP contribution >= 0.6 is 11.6 Å². The predicted octanol–water partition coefficient (Wildman–Crippen LogP) is 0.272. The van der Waals surface area contributed by atoms with Crippen molar-refractivity contribution >= 4 is 45.0 Å². The van der Waals surface area contributed by atoms with Gasteiger partial charge in [-0.1, -0.05) is 11.6 Å². The normalized spacial score (nSPS) is 16.1. The van der Waals surface area contributed by atoms with Crippen molar-refractivity contribution in [3.63, 3.8) is 0 Å². The number of hydrogen-bond donors (Lipinski definition) is 2. The van der Waals surface area contributed by atoms with Crippen LogP contribution in [0, 0.1) is 0 Å². The van der Waals surface area contributed by atoms with Gasteiger partial charge in [0, 0.05) is 32.0 Å². The summed E-state index contributed by atoms with van der Waals surface area (Å²) >= 11 is 6.00. The van der Waals surface area contributed by atoms with Gasteiger partial charge in [0.2, 0.25) is 21.8 Å². The molecule has 0 spiro atoms. The third-order valence-corrected chi connectivity index (χ3v) is 5.29. The molecule has 1 aliphatic heterocycles. The van der Waals surface area contributed by atoms with E-state index in [2.05, 4.69) is 10.6 Å². The molecule has 0 unspecified atom stereocenters. The molecule has 1 aromatic carbocycles. The van der Waals surface area contributed by atoms with E-state index in [9.17, 15) is 22.8 Å². The van der Waals surface area contributed by atoms with E-state index in [4.69, 9.17) is 11.6 Å². The number of nitrogens with one attached hydrogen (secondary N) is 2. The fourth-order valence-electron chi connectivity index (χ4n) is 2.17. The van der Waals surface area contributed by atoms with E-state index in [1.165, 1.54) is 25.1 Å². The Bertz CT molecular complexity index is 794. The summed E-state index contributed by atoms with van der Waals surface area (Å²) in [6.45, 7) is 1.83. The monoisotopic (exact) mass is 373 g/mol. The van der Waals surface area contributed by atoms with E-state index in [-0.39, 0.29) is 47.4 Å². The lowest BCUT2D eigenvalue weighted by molar-refractivity contribution is -0.119. The summed E-state index contributed by atoms with van der Waals surface area (Å²) < 4.78 is 24.6. The molecule has 130 valence electrons. The van der Waals surface area contributed by atoms with Gasteiger partial charge in [0.05, 0.1) is 16.5 Å². The van der Waals surface area contributed by atoms with Gasteiger partial charge in [-0.25, -0.2) is 12.7 Å². The zero-order valence-electron chi connectivity index (χ0n) is 12.8. The molecular weight excluding hydrogens is 358 g/mol. The zero-order valence-corrected chi connectivity index (χ0v) is 14.4. The summed E-state index contributed by atoms with van der Waals surface area (Å²) in [5.41, 5.74) is 0.126. The van der Waals surface area contributed by atoms with Gasteiger partial charge in [0.15, 0.2) is 0 Å². The molecule has 8 nitrogen and oxygen atoms in total. The molecule has 0 aliphatic carbocycles. The summed E-state index contributed by atoms with van der Waals surface area (Å²) in [5.74, 6) is -1.55. The molecule has 1 aliphatic rings. The minimum atomic E-state index is -3.76. The third-order valence-electron chi connectivity index (χ3n) is 3.29. The van der Waals surface area contributed by atoms with E-state index in [1.54, 1.807) is 0 Å². The highest BCUT2D eigenvalue weighted by atomic mass is 35.5. The fourth-order valence-corrected chi connectivity index (χ4v) is 3.89. The Labute approximate surface area is 144 Å². The number of sulfonamides is 1. The second kappa shape index (κ2) is 7.18. The molecule has 24 heavy (non-hydrogen) atoms. The minimum absolute atomic E-state index is 0.0336. The number of halogens is 1. The van der Waals surface area contributed by atoms with Crippen molar-refractivity contribution in [3.05, 3.63) is 28.8 Å². The van der Waals surface area contributed by atoms with Crippen LogP contribution in [0.2, 0.25) is 5.02 Å². The Hall–Kier alpha value is -2.13. The van der Waals surface area contributed by atoms with Crippen LogP contribution < -0.4 is 14.9 Å². The quantitative estimate of drug-likeness (QED) is 0.719. The zero-order chi connectivity index (χ0) is 17.9. The highest BCUT2D eigenvalue weighted by Gasteiger charge is 2.37. The van der Waals surface area contributed by atoms with Crippen molar-refractivity contribution in [1.29, 1.82) is 0 Å². The number of carbonyl (C=O) groups is 3. The van der Waals surface area contributed by atoms with Crippen molar-refractivity contribution in [1.82, 2.24) is 10.6 Å². The van der Waals surface area contributed by atoms with Crippen LogP contribution in [0.5, 0.6) is 0 Å². The molecule has 3 amide bonds. The molecule has 2 N–H and O–H groups in total. The second-order valence-corrected chi connectivity index (χ2v) is 7.47. The molecule has 0 radical (unpaired) electrons. The van der Waals surface area contributed by atoms with Gasteiger partial charge in [0.25, 0.3) is 5.91 Å². The first-order valence-corrected chi connectivity index (χ1v) is 9.09. The van der Waals surface area contributed by atoms with Crippen molar-refractivity contribution in [2.45, 2.75) is 13.3 Å². The van der Waals surface area contributed by atoms with Gasteiger partial charge < -0.3 is 10.6 Å². The summed E-state index contributed by atoms with van der Waals surface area (Å²) in [6, 6.07) is 4.05. The van der Waals surface area contributed by atoms with Gasteiger partial charge in [-0.15, -0.1) is 0 Å². The highest BCUT2D eigenvalue weighted by Crippen LogP contribution is 2.32. The van der Waals surface area contributed by atoms with E-state index < -0.39 is 21.8 Å². The van der Waals surface area contributed by atoms with E-state index in [0.29, 0.717) is 4.31 Å². The SMILES string of the molecule is CC(=O)NCCNC(=O)c1ccc(Cl)c(N2C(=O)CCS2(=O)=O)c1. The van der Waals surface area contributed by atoms with Crippen LogP contribution in [0.4, 0.5) is 5.69 Å². The first kappa shape index (κ1) is 18.2. The summed E-state index contributed by atoms with van der Waals surface area (Å²) in [5, 5.41) is 5.16. The molecule has 0 atom stereocenters. The number of benzene rings is 1. The number of hydrogen-bond acceptors (Lipinski definition) is 5. The Balaban J connectivity index is 2.18. The number of carbonyl (C=O) groups excluding carboxylic acids is 3. The molecule has 1 heterocycles. The number of nitrogens with zero attached hydrogens (tertiary/aromatic N) is 1. The van der Waals surface area contributed by atoms with Crippen LogP contribution in [0.1, 0.15) is 23.7 Å². The van der Waals surface area contributed by atoms with Crippen molar-refractivity contribution in [3.8, 4) is 0 Å². The molecule has 1 aromatic rings. The van der Waals surface area contributed by atoms with Gasteiger partial charge in [-0.2, -0.15) is 0 Å². The average Bonchev–Trinajstić information content (AvgIpc) is 2.77. The smallest absolute Gasteiger partial charge is 0.251 e. The number of rotatable bonds is 5. The Kier molecular flexibility index (Phi) is 5.45. The fraction of sp³-hybridized carbons (Fsp3) is 0.357. The number of amides is 3. The molecular formula is C14H16ClN3O5S. The van der Waals surface area contributed by atoms with Gasteiger partial charge in [-0.3, -0.25) is 14.4 Å². The Morgan fingerprint density at radius 2 is 1.92 bits per heavy atom. The van der Waals surface area contributed by atoms with Crippen molar-refractivity contribution in [2.75, 3.05) is 23.1 Å². The summed E-state index contributed by atoms with van der Waals surface area (Å²) in [4.78, 5) is 34.7. The van der Waals surface area contributed by atoms with Crippen molar-refractivity contribution in [2.24, 2.45) is 0 Å². The Morgan fingerprint density at radius 3 is 2.50 bits per heavy atom. The first-order chi connectivity index (χ1) is 11.2. The molecule has 0 saturated carbocycles. The first-order valence-electron chi connectivity index (χ1n) is 7.10. The van der Waals surface area contributed by atoms with E-state index >= 15 is 0 Å². The topological polar surface area (TPSA) is 113 Å². The summed E-state index contributed by atoms with van der Waals surface area (Å²) in [6.07, 6.45) is -0.119. The maximum absolute atomic E-state index is 12.1. The molecule has 0 aromatic heterocycles. The lowest BCUT2D eigenvalue weighted by Gasteiger charge is -2.17. The molecule has 10 heteroatoms. The van der Waals surface area contributed by atoms with Crippen molar-refractivity contribution < 1.29 is 22.8 Å². The highest BCUT2D eigenvalue weighted by molar-refractivity contribution is 7.94. The molecule has 2 rings (SSSR count). The largest absolute Gasteiger partial charge is 0.355 e. The number of anilines is 1. The standard InChI is InChI=1S/C14H16ClN3O5S/c1-9(19)16-5-6-17-14(21)10-2-3-11(15)12(8-10)18-13(20)4-7-24(18,22)23/h2-3,8H,4-7H2,1H3,(H,16,19)(H,17,21). The lowest BCUT2D eigenvalue weighted by atomic mass is 10.2. The van der Waals surface area contributed by atoms with Crippen LogP contribution in [-0.2, 0) is 19.6 Å². The van der Waals surface area contributed by atoms with Crippen LogP contribution in [0.15, 0.2) is 18.2 Å². The van der Waals surface area contributed by atoms with Gasteiger partial charge in [0.1, 0.15) is 0 Å². The van der Waals surface area contributed by atoms with E-state index in [0.717, 1.165) is 0 Å². The second-order valence-electron chi connectivity index (χ2n) is 5.13. The summed E-state index contributed by atoms with van der Waals surface area (Å²) in [7, 11) is -3.76. The third kappa shape index (κ3) is 4.04. The maximum Gasteiger partial charge on any atom is 0.251 e.